The number of furan rings is 1. The topological polar surface area (TPSA) is 45.4 Å². The van der Waals surface area contributed by atoms with Crippen molar-refractivity contribution >= 4 is 5.69 Å². The van der Waals surface area contributed by atoms with Gasteiger partial charge in [0.25, 0.3) is 0 Å². The van der Waals surface area contributed by atoms with Crippen LogP contribution in [0, 0.1) is 6.92 Å². The summed E-state index contributed by atoms with van der Waals surface area (Å²) in [5, 5.41) is 12.9. The number of anilines is 1. The third-order valence-electron chi connectivity index (χ3n) is 2.39. The molecule has 0 saturated carbocycles. The van der Waals surface area contributed by atoms with E-state index in [-0.39, 0.29) is 0 Å². The summed E-state index contributed by atoms with van der Waals surface area (Å²) in [7, 11) is 0. The number of aliphatic hydroxyl groups excluding tert-OH is 1. The summed E-state index contributed by atoms with van der Waals surface area (Å²) < 4.78 is 5.12. The van der Waals surface area contributed by atoms with E-state index >= 15 is 0 Å². The summed E-state index contributed by atoms with van der Waals surface area (Å²) in [5.74, 6) is 0.583. The molecule has 1 aromatic heterocycles. The standard InChI is InChI=1S/C13H15NO2/c1-10-4-2-5-11(8-10)14-9-12(15)13-6-3-7-16-13/h2-8,12,14-15H,9H2,1H3. The first kappa shape index (κ1) is 10.8. The van der Waals surface area contributed by atoms with Crippen LogP contribution in [0.25, 0.3) is 0 Å². The maximum absolute atomic E-state index is 9.78. The minimum absolute atomic E-state index is 0.441. The fourth-order valence-corrected chi connectivity index (χ4v) is 1.55. The van der Waals surface area contributed by atoms with E-state index in [0.29, 0.717) is 12.3 Å². The number of hydrogen-bond acceptors (Lipinski definition) is 3. The summed E-state index contributed by atoms with van der Waals surface area (Å²) in [6, 6.07) is 11.6. The number of aliphatic hydroxyl groups is 1. The fourth-order valence-electron chi connectivity index (χ4n) is 1.55. The van der Waals surface area contributed by atoms with Crippen molar-refractivity contribution in [1.29, 1.82) is 0 Å². The summed E-state index contributed by atoms with van der Waals surface area (Å²) in [4.78, 5) is 0. The summed E-state index contributed by atoms with van der Waals surface area (Å²) in [6.45, 7) is 2.48. The lowest BCUT2D eigenvalue weighted by molar-refractivity contribution is 0.162. The van der Waals surface area contributed by atoms with Crippen molar-refractivity contribution in [3.05, 3.63) is 54.0 Å². The van der Waals surface area contributed by atoms with Crippen LogP contribution in [0.5, 0.6) is 0 Å². The van der Waals surface area contributed by atoms with Gasteiger partial charge >= 0.3 is 0 Å². The Hall–Kier alpha value is -1.74. The van der Waals surface area contributed by atoms with Crippen LogP contribution in [0.1, 0.15) is 17.4 Å². The molecule has 3 heteroatoms. The molecule has 2 N–H and O–H groups in total. The molecule has 0 fully saturated rings. The molecule has 84 valence electrons. The lowest BCUT2D eigenvalue weighted by atomic mass is 10.2. The van der Waals surface area contributed by atoms with E-state index < -0.39 is 6.10 Å². The highest BCUT2D eigenvalue weighted by Crippen LogP contribution is 2.15. The smallest absolute Gasteiger partial charge is 0.134 e. The zero-order valence-electron chi connectivity index (χ0n) is 9.18. The van der Waals surface area contributed by atoms with E-state index in [4.69, 9.17) is 4.42 Å². The normalized spacial score (nSPS) is 12.4. The number of rotatable bonds is 4. The molecule has 0 radical (unpaired) electrons. The molecule has 0 spiro atoms. The molecular weight excluding hydrogens is 202 g/mol. The molecule has 0 aliphatic carbocycles. The molecule has 2 rings (SSSR count). The maximum Gasteiger partial charge on any atom is 0.134 e. The second kappa shape index (κ2) is 4.86. The molecule has 0 aliphatic rings. The van der Waals surface area contributed by atoms with Gasteiger partial charge in [-0.05, 0) is 36.8 Å². The fraction of sp³-hybridized carbons (Fsp3) is 0.231. The SMILES string of the molecule is Cc1cccc(NCC(O)c2ccco2)c1. The van der Waals surface area contributed by atoms with E-state index in [0.717, 1.165) is 5.69 Å². The largest absolute Gasteiger partial charge is 0.467 e. The Balaban J connectivity index is 1.92. The predicted octanol–water partition coefficient (Wildman–Crippen LogP) is 2.73. The lowest BCUT2D eigenvalue weighted by Gasteiger charge is -2.10. The van der Waals surface area contributed by atoms with Gasteiger partial charge in [-0.25, -0.2) is 0 Å². The highest BCUT2D eigenvalue weighted by Gasteiger charge is 2.09. The monoisotopic (exact) mass is 217 g/mol. The van der Waals surface area contributed by atoms with Crippen LogP contribution in [0.2, 0.25) is 0 Å². The second-order valence-electron chi connectivity index (χ2n) is 3.78. The quantitative estimate of drug-likeness (QED) is 0.827. The van der Waals surface area contributed by atoms with Crippen LogP contribution in [0.15, 0.2) is 47.1 Å². The third-order valence-corrected chi connectivity index (χ3v) is 2.39. The van der Waals surface area contributed by atoms with Crippen molar-refractivity contribution in [2.24, 2.45) is 0 Å². The second-order valence-corrected chi connectivity index (χ2v) is 3.78. The summed E-state index contributed by atoms with van der Waals surface area (Å²) in [5.41, 5.74) is 2.20. The first-order valence-electron chi connectivity index (χ1n) is 5.28. The Labute approximate surface area is 94.7 Å². The zero-order valence-corrected chi connectivity index (χ0v) is 9.18. The van der Waals surface area contributed by atoms with Crippen molar-refractivity contribution in [3.63, 3.8) is 0 Å². The van der Waals surface area contributed by atoms with E-state index in [1.807, 2.05) is 31.2 Å². The Bertz CT molecular complexity index is 437. The van der Waals surface area contributed by atoms with Crippen LogP contribution in [-0.2, 0) is 0 Å². The maximum atomic E-state index is 9.78. The van der Waals surface area contributed by atoms with Crippen molar-refractivity contribution in [3.8, 4) is 0 Å². The molecule has 1 atom stereocenters. The Kier molecular flexibility index (Phi) is 3.27. The number of nitrogens with one attached hydrogen (secondary N) is 1. The molecule has 0 bridgehead atoms. The number of benzene rings is 1. The van der Waals surface area contributed by atoms with Crippen LogP contribution in [0.4, 0.5) is 5.69 Å². The highest BCUT2D eigenvalue weighted by molar-refractivity contribution is 5.45. The van der Waals surface area contributed by atoms with Gasteiger partial charge in [-0.15, -0.1) is 0 Å². The van der Waals surface area contributed by atoms with Gasteiger partial charge in [0, 0.05) is 12.2 Å². The average molecular weight is 217 g/mol. The first-order valence-corrected chi connectivity index (χ1v) is 5.28. The average Bonchev–Trinajstić information content (AvgIpc) is 2.79. The van der Waals surface area contributed by atoms with Gasteiger partial charge < -0.3 is 14.8 Å². The minimum atomic E-state index is -0.615. The van der Waals surface area contributed by atoms with E-state index in [2.05, 4.69) is 5.32 Å². The molecule has 1 heterocycles. The van der Waals surface area contributed by atoms with Gasteiger partial charge in [0.2, 0.25) is 0 Å². The molecule has 0 saturated heterocycles. The number of aryl methyl sites for hydroxylation is 1. The number of hydrogen-bond donors (Lipinski definition) is 2. The molecule has 2 aromatic rings. The third kappa shape index (κ3) is 2.64. The lowest BCUT2D eigenvalue weighted by Crippen LogP contribution is -2.11. The summed E-state index contributed by atoms with van der Waals surface area (Å²) >= 11 is 0. The van der Waals surface area contributed by atoms with Crippen LogP contribution in [0.3, 0.4) is 0 Å². The molecule has 1 unspecified atom stereocenters. The zero-order chi connectivity index (χ0) is 11.4. The van der Waals surface area contributed by atoms with Crippen LogP contribution in [-0.4, -0.2) is 11.7 Å². The predicted molar refractivity (Wildman–Crippen MR) is 63.3 cm³/mol. The van der Waals surface area contributed by atoms with E-state index in [1.54, 1.807) is 18.4 Å². The molecule has 0 amide bonds. The Morgan fingerprint density at radius 3 is 2.88 bits per heavy atom. The van der Waals surface area contributed by atoms with E-state index in [9.17, 15) is 5.11 Å². The molecule has 3 nitrogen and oxygen atoms in total. The first-order chi connectivity index (χ1) is 7.75. The van der Waals surface area contributed by atoms with Crippen molar-refractivity contribution in [2.45, 2.75) is 13.0 Å². The Morgan fingerprint density at radius 1 is 1.31 bits per heavy atom. The van der Waals surface area contributed by atoms with Crippen LogP contribution >= 0.6 is 0 Å². The van der Waals surface area contributed by atoms with Crippen molar-refractivity contribution < 1.29 is 9.52 Å². The molecule has 16 heavy (non-hydrogen) atoms. The molecular formula is C13H15NO2. The van der Waals surface area contributed by atoms with Gasteiger partial charge in [-0.3, -0.25) is 0 Å². The van der Waals surface area contributed by atoms with Gasteiger partial charge in [0.1, 0.15) is 11.9 Å². The van der Waals surface area contributed by atoms with Crippen molar-refractivity contribution in [1.82, 2.24) is 0 Å². The van der Waals surface area contributed by atoms with Crippen molar-refractivity contribution in [2.75, 3.05) is 11.9 Å². The van der Waals surface area contributed by atoms with E-state index in [1.165, 1.54) is 5.56 Å². The highest BCUT2D eigenvalue weighted by atomic mass is 16.4. The van der Waals surface area contributed by atoms with Crippen LogP contribution < -0.4 is 5.32 Å². The Morgan fingerprint density at radius 2 is 2.19 bits per heavy atom. The minimum Gasteiger partial charge on any atom is -0.467 e. The van der Waals surface area contributed by atoms with Gasteiger partial charge in [-0.2, -0.15) is 0 Å². The van der Waals surface area contributed by atoms with Gasteiger partial charge in [0.15, 0.2) is 0 Å². The molecule has 1 aromatic carbocycles. The molecule has 0 aliphatic heterocycles. The van der Waals surface area contributed by atoms with Gasteiger partial charge in [0.05, 0.1) is 6.26 Å². The van der Waals surface area contributed by atoms with Gasteiger partial charge in [-0.1, -0.05) is 12.1 Å². The summed E-state index contributed by atoms with van der Waals surface area (Å²) in [6.07, 6.45) is 0.945.